The fourth-order valence-corrected chi connectivity index (χ4v) is 4.44. The monoisotopic (exact) mass is 436 g/mol. The third-order valence-corrected chi connectivity index (χ3v) is 6.19. The molecule has 0 saturated heterocycles. The Bertz CT molecular complexity index is 1000. The predicted octanol–water partition coefficient (Wildman–Crippen LogP) is 3.53. The lowest BCUT2D eigenvalue weighted by Crippen LogP contribution is -2.47. The van der Waals surface area contributed by atoms with E-state index >= 15 is 0 Å². The SMILES string of the molecule is CC(C)(CC(=O)NC[C@H]1C[C@H]1C(=O)O)NC(=O)OCC1c2ccccc2-c2ccccc21. The molecule has 1 fully saturated rings. The van der Waals surface area contributed by atoms with Crippen LogP contribution in [0.25, 0.3) is 11.1 Å². The molecule has 2 amide bonds. The molecule has 7 heteroatoms. The second kappa shape index (κ2) is 8.65. The van der Waals surface area contributed by atoms with Gasteiger partial charge in [0.1, 0.15) is 6.61 Å². The van der Waals surface area contributed by atoms with Crippen molar-refractivity contribution in [2.45, 2.75) is 38.1 Å². The second-order valence-electron chi connectivity index (χ2n) is 9.26. The highest BCUT2D eigenvalue weighted by atomic mass is 16.5. The summed E-state index contributed by atoms with van der Waals surface area (Å²) in [6.45, 7) is 4.06. The van der Waals surface area contributed by atoms with Gasteiger partial charge in [0, 0.05) is 24.4 Å². The van der Waals surface area contributed by atoms with Gasteiger partial charge in [-0.05, 0) is 48.4 Å². The smallest absolute Gasteiger partial charge is 0.407 e. The number of carbonyl (C=O) groups excluding carboxylic acids is 2. The zero-order valence-corrected chi connectivity index (χ0v) is 18.3. The predicted molar refractivity (Wildman–Crippen MR) is 119 cm³/mol. The number of benzene rings is 2. The van der Waals surface area contributed by atoms with Crippen LogP contribution in [0.2, 0.25) is 0 Å². The largest absolute Gasteiger partial charge is 0.481 e. The normalized spacial score (nSPS) is 18.9. The number of ether oxygens (including phenoxy) is 1. The summed E-state index contributed by atoms with van der Waals surface area (Å²) in [6, 6.07) is 16.3. The first-order valence-electron chi connectivity index (χ1n) is 10.9. The lowest BCUT2D eigenvalue weighted by atomic mass is 9.98. The van der Waals surface area contributed by atoms with Crippen molar-refractivity contribution in [1.29, 1.82) is 0 Å². The van der Waals surface area contributed by atoms with Crippen LogP contribution >= 0.6 is 0 Å². The van der Waals surface area contributed by atoms with Crippen molar-refractivity contribution < 1.29 is 24.2 Å². The van der Waals surface area contributed by atoms with E-state index in [9.17, 15) is 14.4 Å². The molecule has 2 aromatic carbocycles. The molecule has 0 spiro atoms. The number of aliphatic carboxylic acids is 1. The third-order valence-electron chi connectivity index (χ3n) is 6.19. The maximum atomic E-state index is 12.5. The van der Waals surface area contributed by atoms with Crippen LogP contribution in [0.4, 0.5) is 4.79 Å². The number of carboxylic acids is 1. The summed E-state index contributed by atoms with van der Waals surface area (Å²) in [4.78, 5) is 35.6. The first-order chi connectivity index (χ1) is 15.2. The molecule has 2 aliphatic carbocycles. The van der Waals surface area contributed by atoms with Crippen molar-refractivity contribution in [3.63, 3.8) is 0 Å². The minimum absolute atomic E-state index is 0.00495. The van der Waals surface area contributed by atoms with Gasteiger partial charge in [-0.1, -0.05) is 48.5 Å². The van der Waals surface area contributed by atoms with E-state index in [1.54, 1.807) is 13.8 Å². The van der Waals surface area contributed by atoms with Gasteiger partial charge in [-0.25, -0.2) is 4.79 Å². The molecule has 2 aromatic rings. The number of alkyl carbamates (subject to hydrolysis) is 1. The van der Waals surface area contributed by atoms with Gasteiger partial charge < -0.3 is 20.5 Å². The van der Waals surface area contributed by atoms with E-state index in [-0.39, 0.29) is 36.7 Å². The zero-order valence-electron chi connectivity index (χ0n) is 18.3. The third kappa shape index (κ3) is 4.77. The minimum atomic E-state index is -0.818. The Hall–Kier alpha value is -3.35. The number of carboxylic acid groups (broad SMARTS) is 1. The molecule has 32 heavy (non-hydrogen) atoms. The van der Waals surface area contributed by atoms with Crippen LogP contribution in [0.1, 0.15) is 43.7 Å². The molecule has 2 aliphatic rings. The van der Waals surface area contributed by atoms with Gasteiger partial charge in [-0.3, -0.25) is 9.59 Å². The minimum Gasteiger partial charge on any atom is -0.481 e. The Balaban J connectivity index is 1.28. The topological polar surface area (TPSA) is 105 Å². The summed E-state index contributed by atoms with van der Waals surface area (Å²) in [6.07, 6.45) is 0.0939. The number of amides is 2. The Labute approximate surface area is 187 Å². The number of rotatable bonds is 8. The summed E-state index contributed by atoms with van der Waals surface area (Å²) in [5.74, 6) is -1.44. The van der Waals surface area contributed by atoms with E-state index in [0.29, 0.717) is 13.0 Å². The van der Waals surface area contributed by atoms with Gasteiger partial charge in [0.05, 0.1) is 5.92 Å². The molecule has 0 heterocycles. The fourth-order valence-electron chi connectivity index (χ4n) is 4.44. The van der Waals surface area contributed by atoms with Crippen molar-refractivity contribution >= 4 is 18.0 Å². The molecule has 0 aromatic heterocycles. The molecule has 0 unspecified atom stereocenters. The van der Waals surface area contributed by atoms with E-state index in [0.717, 1.165) is 22.3 Å². The highest BCUT2D eigenvalue weighted by molar-refractivity contribution is 5.80. The summed E-state index contributed by atoms with van der Waals surface area (Å²) in [7, 11) is 0. The van der Waals surface area contributed by atoms with Crippen LogP contribution in [0.15, 0.2) is 48.5 Å². The Morgan fingerprint density at radius 1 is 1.03 bits per heavy atom. The molecule has 3 N–H and O–H groups in total. The molecule has 2 atom stereocenters. The van der Waals surface area contributed by atoms with Gasteiger partial charge in [-0.15, -0.1) is 0 Å². The summed E-state index contributed by atoms with van der Waals surface area (Å²) in [5.41, 5.74) is 3.80. The lowest BCUT2D eigenvalue weighted by molar-refractivity contribution is -0.139. The van der Waals surface area contributed by atoms with E-state index in [4.69, 9.17) is 9.84 Å². The van der Waals surface area contributed by atoms with Gasteiger partial charge in [0.2, 0.25) is 5.91 Å². The highest BCUT2D eigenvalue weighted by Gasteiger charge is 2.43. The molecular weight excluding hydrogens is 408 g/mol. The van der Waals surface area contributed by atoms with E-state index < -0.39 is 17.6 Å². The fraction of sp³-hybridized carbons (Fsp3) is 0.400. The van der Waals surface area contributed by atoms with Crippen LogP contribution in [0.3, 0.4) is 0 Å². The number of nitrogens with one attached hydrogen (secondary N) is 2. The van der Waals surface area contributed by atoms with Crippen LogP contribution in [-0.2, 0) is 14.3 Å². The quantitative estimate of drug-likeness (QED) is 0.587. The zero-order chi connectivity index (χ0) is 22.9. The summed E-state index contributed by atoms with van der Waals surface area (Å²) in [5, 5.41) is 14.5. The Kier molecular flexibility index (Phi) is 5.91. The standard InChI is InChI=1S/C25H28N2O5/c1-25(2,12-22(28)26-13-15-11-20(15)23(29)30)27-24(31)32-14-21-18-9-5-3-7-16(18)17-8-4-6-10-19(17)21/h3-10,15,20-21H,11-14H2,1-2H3,(H,26,28)(H,27,31)(H,29,30)/t15-,20-/m1/s1. The van der Waals surface area contributed by atoms with Crippen molar-refractivity contribution in [3.8, 4) is 11.1 Å². The van der Waals surface area contributed by atoms with Crippen LogP contribution in [-0.4, -0.2) is 41.8 Å². The first-order valence-corrected chi connectivity index (χ1v) is 10.9. The highest BCUT2D eigenvalue weighted by Crippen LogP contribution is 2.44. The maximum Gasteiger partial charge on any atom is 0.407 e. The number of fused-ring (bicyclic) bond motifs is 3. The Morgan fingerprint density at radius 3 is 2.19 bits per heavy atom. The molecule has 0 bridgehead atoms. The molecule has 0 aliphatic heterocycles. The molecule has 4 rings (SSSR count). The van der Waals surface area contributed by atoms with Crippen molar-refractivity contribution in [1.82, 2.24) is 10.6 Å². The van der Waals surface area contributed by atoms with Crippen molar-refractivity contribution in [3.05, 3.63) is 59.7 Å². The van der Waals surface area contributed by atoms with Crippen molar-refractivity contribution in [2.75, 3.05) is 13.2 Å². The van der Waals surface area contributed by atoms with Gasteiger partial charge in [-0.2, -0.15) is 0 Å². The molecular formula is C25H28N2O5. The van der Waals surface area contributed by atoms with E-state index in [1.807, 2.05) is 24.3 Å². The first kappa shape index (κ1) is 21.9. The summed E-state index contributed by atoms with van der Waals surface area (Å²) >= 11 is 0. The van der Waals surface area contributed by atoms with Crippen LogP contribution in [0, 0.1) is 11.8 Å². The van der Waals surface area contributed by atoms with Gasteiger partial charge >= 0.3 is 12.1 Å². The van der Waals surface area contributed by atoms with Gasteiger partial charge in [0.15, 0.2) is 0 Å². The van der Waals surface area contributed by atoms with Crippen molar-refractivity contribution in [2.24, 2.45) is 11.8 Å². The summed E-state index contributed by atoms with van der Waals surface area (Å²) < 4.78 is 5.56. The number of carbonyl (C=O) groups is 3. The number of hydrogen-bond acceptors (Lipinski definition) is 4. The molecule has 168 valence electrons. The van der Waals surface area contributed by atoms with Crippen LogP contribution < -0.4 is 10.6 Å². The molecule has 7 nitrogen and oxygen atoms in total. The Morgan fingerprint density at radius 2 is 1.62 bits per heavy atom. The average Bonchev–Trinajstić information content (AvgIpc) is 3.46. The van der Waals surface area contributed by atoms with Crippen LogP contribution in [0.5, 0.6) is 0 Å². The molecule has 1 saturated carbocycles. The maximum absolute atomic E-state index is 12.5. The van der Waals surface area contributed by atoms with E-state index in [2.05, 4.69) is 34.9 Å². The average molecular weight is 437 g/mol. The lowest BCUT2D eigenvalue weighted by Gasteiger charge is -2.25. The van der Waals surface area contributed by atoms with E-state index in [1.165, 1.54) is 0 Å². The van der Waals surface area contributed by atoms with Gasteiger partial charge in [0.25, 0.3) is 0 Å². The second-order valence-corrected chi connectivity index (χ2v) is 9.26. The number of hydrogen-bond donors (Lipinski definition) is 3. The molecule has 0 radical (unpaired) electrons.